The zero-order chi connectivity index (χ0) is 14.0. The van der Waals surface area contributed by atoms with Gasteiger partial charge in [0.15, 0.2) is 5.65 Å². The van der Waals surface area contributed by atoms with E-state index in [0.29, 0.717) is 19.0 Å². The van der Waals surface area contributed by atoms with Gasteiger partial charge in [0.25, 0.3) is 0 Å². The maximum absolute atomic E-state index is 10.9. The van der Waals surface area contributed by atoms with Crippen LogP contribution in [0.3, 0.4) is 0 Å². The van der Waals surface area contributed by atoms with E-state index in [1.807, 2.05) is 16.3 Å². The van der Waals surface area contributed by atoms with Crippen molar-refractivity contribution in [3.8, 4) is 0 Å². The molecule has 2 aromatic heterocycles. The Kier molecular flexibility index (Phi) is 4.09. The number of alkyl halides is 1. The van der Waals surface area contributed by atoms with E-state index < -0.39 is 0 Å². The molecule has 0 bridgehead atoms. The average Bonchev–Trinajstić information content (AvgIpc) is 2.87. The summed E-state index contributed by atoms with van der Waals surface area (Å²) in [6.45, 7) is 4.75. The lowest BCUT2D eigenvalue weighted by molar-refractivity contribution is -0.118. The Labute approximate surface area is 116 Å². The molecule has 2 aromatic rings. The summed E-state index contributed by atoms with van der Waals surface area (Å²) < 4.78 is 3.84. The SMILES string of the molecule is CCc1nn(C)c2c1nc(CCl)n2CCNC(C)=O. The molecule has 19 heavy (non-hydrogen) atoms. The van der Waals surface area contributed by atoms with Gasteiger partial charge in [0.1, 0.15) is 11.3 Å². The summed E-state index contributed by atoms with van der Waals surface area (Å²) in [4.78, 5) is 15.5. The smallest absolute Gasteiger partial charge is 0.216 e. The molecule has 0 spiro atoms. The fraction of sp³-hybridized carbons (Fsp3) is 0.583. The van der Waals surface area contributed by atoms with Gasteiger partial charge in [-0.1, -0.05) is 6.92 Å². The summed E-state index contributed by atoms with van der Waals surface area (Å²) in [5.74, 6) is 1.12. The van der Waals surface area contributed by atoms with Gasteiger partial charge in [-0.25, -0.2) is 4.98 Å². The van der Waals surface area contributed by atoms with Crippen molar-refractivity contribution >= 4 is 28.7 Å². The standard InChI is InChI=1S/C12H18ClN5O/c1-4-9-11-12(17(3)16-9)18(10(7-13)15-11)6-5-14-8(2)19/h4-7H2,1-3H3,(H,14,19). The number of aromatic nitrogens is 4. The van der Waals surface area contributed by atoms with Crippen LogP contribution in [0.5, 0.6) is 0 Å². The van der Waals surface area contributed by atoms with Crippen LogP contribution in [0.15, 0.2) is 0 Å². The number of carbonyl (C=O) groups is 1. The van der Waals surface area contributed by atoms with Gasteiger partial charge in [-0.2, -0.15) is 5.10 Å². The van der Waals surface area contributed by atoms with Gasteiger partial charge in [0.2, 0.25) is 5.91 Å². The van der Waals surface area contributed by atoms with Gasteiger partial charge >= 0.3 is 0 Å². The van der Waals surface area contributed by atoms with Crippen molar-refractivity contribution < 1.29 is 4.79 Å². The minimum atomic E-state index is -0.0389. The molecule has 0 fully saturated rings. The van der Waals surface area contributed by atoms with E-state index in [1.54, 1.807) is 0 Å². The number of nitrogens with one attached hydrogen (secondary N) is 1. The number of carbonyl (C=O) groups excluding carboxylic acids is 1. The number of halogens is 1. The second-order valence-electron chi connectivity index (χ2n) is 4.39. The molecule has 0 saturated carbocycles. The number of amides is 1. The summed E-state index contributed by atoms with van der Waals surface area (Å²) >= 11 is 5.95. The fourth-order valence-corrected chi connectivity index (χ4v) is 2.41. The first-order chi connectivity index (χ1) is 9.08. The van der Waals surface area contributed by atoms with Gasteiger partial charge in [0, 0.05) is 27.1 Å². The van der Waals surface area contributed by atoms with Crippen LogP contribution < -0.4 is 5.32 Å². The number of fused-ring (bicyclic) bond motifs is 1. The largest absolute Gasteiger partial charge is 0.355 e. The summed E-state index contributed by atoms with van der Waals surface area (Å²) in [6, 6.07) is 0. The van der Waals surface area contributed by atoms with Crippen LogP contribution in [0, 0.1) is 0 Å². The Balaban J connectivity index is 2.39. The van der Waals surface area contributed by atoms with Crippen molar-refractivity contribution in [1.82, 2.24) is 24.6 Å². The van der Waals surface area contributed by atoms with Crippen molar-refractivity contribution in [3.63, 3.8) is 0 Å². The third-order valence-electron chi connectivity index (χ3n) is 3.03. The van der Waals surface area contributed by atoms with Crippen LogP contribution in [-0.2, 0) is 30.7 Å². The van der Waals surface area contributed by atoms with Crippen LogP contribution in [0.2, 0.25) is 0 Å². The quantitative estimate of drug-likeness (QED) is 0.839. The normalized spacial score (nSPS) is 11.2. The highest BCUT2D eigenvalue weighted by atomic mass is 35.5. The monoisotopic (exact) mass is 283 g/mol. The number of hydrogen-bond acceptors (Lipinski definition) is 3. The van der Waals surface area contributed by atoms with Gasteiger partial charge < -0.3 is 9.88 Å². The molecule has 0 aliphatic carbocycles. The van der Waals surface area contributed by atoms with Crippen LogP contribution in [0.4, 0.5) is 0 Å². The van der Waals surface area contributed by atoms with Crippen molar-refractivity contribution in [2.24, 2.45) is 7.05 Å². The molecule has 0 unspecified atom stereocenters. The minimum absolute atomic E-state index is 0.0389. The first-order valence-corrected chi connectivity index (χ1v) is 6.83. The van der Waals surface area contributed by atoms with E-state index in [4.69, 9.17) is 11.6 Å². The molecular weight excluding hydrogens is 266 g/mol. The second-order valence-corrected chi connectivity index (χ2v) is 4.66. The van der Waals surface area contributed by atoms with Crippen LogP contribution >= 0.6 is 11.6 Å². The molecule has 1 N–H and O–H groups in total. The Hall–Kier alpha value is -1.56. The fourth-order valence-electron chi connectivity index (χ4n) is 2.21. The van der Waals surface area contributed by atoms with E-state index >= 15 is 0 Å². The molecule has 6 nitrogen and oxygen atoms in total. The predicted octanol–water partition coefficient (Wildman–Crippen LogP) is 1.21. The zero-order valence-electron chi connectivity index (χ0n) is 11.4. The van der Waals surface area contributed by atoms with Crippen molar-refractivity contribution in [2.75, 3.05) is 6.54 Å². The highest BCUT2D eigenvalue weighted by Gasteiger charge is 2.17. The molecule has 7 heteroatoms. The Morgan fingerprint density at radius 1 is 1.47 bits per heavy atom. The molecule has 2 heterocycles. The van der Waals surface area contributed by atoms with E-state index in [0.717, 1.165) is 29.1 Å². The Morgan fingerprint density at radius 2 is 2.21 bits per heavy atom. The summed E-state index contributed by atoms with van der Waals surface area (Å²) in [5, 5.41) is 7.23. The van der Waals surface area contributed by atoms with E-state index in [-0.39, 0.29) is 5.91 Å². The number of nitrogens with zero attached hydrogens (tertiary/aromatic N) is 4. The van der Waals surface area contributed by atoms with Crippen molar-refractivity contribution in [3.05, 3.63) is 11.5 Å². The number of aryl methyl sites for hydroxylation is 2. The second kappa shape index (κ2) is 5.61. The molecule has 0 saturated heterocycles. The molecule has 104 valence electrons. The highest BCUT2D eigenvalue weighted by molar-refractivity contribution is 6.16. The number of rotatable bonds is 5. The Morgan fingerprint density at radius 3 is 2.79 bits per heavy atom. The van der Waals surface area contributed by atoms with E-state index in [1.165, 1.54) is 6.92 Å². The predicted molar refractivity (Wildman–Crippen MR) is 74.1 cm³/mol. The zero-order valence-corrected chi connectivity index (χ0v) is 12.2. The molecular formula is C12H18ClN5O. The van der Waals surface area contributed by atoms with E-state index in [2.05, 4.69) is 22.3 Å². The molecule has 0 aliphatic heterocycles. The van der Waals surface area contributed by atoms with Gasteiger partial charge in [-0.05, 0) is 6.42 Å². The third-order valence-corrected chi connectivity index (χ3v) is 3.27. The van der Waals surface area contributed by atoms with Crippen molar-refractivity contribution in [1.29, 1.82) is 0 Å². The van der Waals surface area contributed by atoms with Gasteiger partial charge in [-0.15, -0.1) is 11.6 Å². The molecule has 0 atom stereocenters. The average molecular weight is 284 g/mol. The lowest BCUT2D eigenvalue weighted by Crippen LogP contribution is -2.25. The summed E-state index contributed by atoms with van der Waals surface area (Å²) in [6.07, 6.45) is 0.835. The molecule has 0 aliphatic rings. The first kappa shape index (κ1) is 13.9. The highest BCUT2D eigenvalue weighted by Crippen LogP contribution is 2.20. The van der Waals surface area contributed by atoms with Crippen molar-refractivity contribution in [2.45, 2.75) is 32.7 Å². The molecule has 0 radical (unpaired) electrons. The number of hydrogen-bond donors (Lipinski definition) is 1. The van der Waals surface area contributed by atoms with Crippen LogP contribution in [0.25, 0.3) is 11.2 Å². The lowest BCUT2D eigenvalue weighted by atomic mass is 10.3. The molecule has 1 amide bonds. The van der Waals surface area contributed by atoms with Crippen LogP contribution in [0.1, 0.15) is 25.4 Å². The van der Waals surface area contributed by atoms with E-state index in [9.17, 15) is 4.79 Å². The topological polar surface area (TPSA) is 64.7 Å². The maximum atomic E-state index is 10.9. The first-order valence-electron chi connectivity index (χ1n) is 6.29. The Bertz CT molecular complexity index is 601. The molecule has 2 rings (SSSR count). The lowest BCUT2D eigenvalue weighted by Gasteiger charge is -2.08. The maximum Gasteiger partial charge on any atom is 0.216 e. The minimum Gasteiger partial charge on any atom is -0.355 e. The third kappa shape index (κ3) is 2.58. The molecule has 0 aromatic carbocycles. The van der Waals surface area contributed by atoms with Gasteiger partial charge in [0.05, 0.1) is 11.6 Å². The van der Waals surface area contributed by atoms with Gasteiger partial charge in [-0.3, -0.25) is 9.48 Å². The number of imidazole rings is 1. The summed E-state index contributed by atoms with van der Waals surface area (Å²) in [7, 11) is 1.90. The van der Waals surface area contributed by atoms with Crippen LogP contribution in [-0.4, -0.2) is 31.8 Å². The summed E-state index contributed by atoms with van der Waals surface area (Å²) in [5.41, 5.74) is 2.84.